The number of aromatic nitrogens is 7. The lowest BCUT2D eigenvalue weighted by Crippen LogP contribution is -2.30. The van der Waals surface area contributed by atoms with Crippen molar-refractivity contribution in [2.75, 3.05) is 14.2 Å². The Morgan fingerprint density at radius 2 is 1.92 bits per heavy atom. The van der Waals surface area contributed by atoms with Crippen LogP contribution in [0.3, 0.4) is 0 Å². The first-order chi connectivity index (χ1) is 17.2. The highest BCUT2D eigenvalue weighted by atomic mass is 35.5. The van der Waals surface area contributed by atoms with Gasteiger partial charge >= 0.3 is 0 Å². The molecule has 0 radical (unpaired) electrons. The van der Waals surface area contributed by atoms with E-state index in [1.807, 2.05) is 0 Å². The van der Waals surface area contributed by atoms with Gasteiger partial charge in [0, 0.05) is 31.6 Å². The van der Waals surface area contributed by atoms with Crippen LogP contribution in [0.25, 0.3) is 11.5 Å². The lowest BCUT2D eigenvalue weighted by Gasteiger charge is -2.21. The van der Waals surface area contributed by atoms with Gasteiger partial charge in [-0.05, 0) is 19.9 Å². The number of pyridine rings is 1. The molecule has 0 aliphatic carbocycles. The number of hydrogen-bond donors (Lipinski definition) is 0. The molecule has 0 saturated heterocycles. The Morgan fingerprint density at radius 1 is 1.17 bits per heavy atom. The van der Waals surface area contributed by atoms with Gasteiger partial charge in [0.05, 0.1) is 23.9 Å². The molecule has 0 aromatic carbocycles. The number of nitrogens with zero attached hydrogens (tertiary/aromatic N) is 7. The smallest absolute Gasteiger partial charge is 0.213 e. The van der Waals surface area contributed by atoms with Crippen molar-refractivity contribution in [1.29, 1.82) is 0 Å². The van der Waals surface area contributed by atoms with E-state index in [4.69, 9.17) is 25.6 Å². The molecule has 0 N–H and O–H groups in total. The van der Waals surface area contributed by atoms with Crippen LogP contribution in [0, 0.1) is 6.92 Å². The second-order valence-corrected chi connectivity index (χ2v) is 10.7. The topological polar surface area (TPSA) is 148 Å². The number of sulfone groups is 1. The Balaban J connectivity index is 1.70. The van der Waals surface area contributed by atoms with Crippen molar-refractivity contribution < 1.29 is 22.4 Å². The van der Waals surface area contributed by atoms with Crippen molar-refractivity contribution in [3.8, 4) is 17.4 Å². The first kappa shape index (κ1) is 25.7. The number of halogens is 1. The third-order valence-electron chi connectivity index (χ3n) is 5.46. The molecule has 4 rings (SSSR count). The summed E-state index contributed by atoms with van der Waals surface area (Å²) in [5.41, 5.74) is 1.04. The van der Waals surface area contributed by atoms with Crippen LogP contribution in [0.4, 0.5) is 0 Å². The Morgan fingerprint density at radius 3 is 2.56 bits per heavy atom. The van der Waals surface area contributed by atoms with Gasteiger partial charge in [0.1, 0.15) is 34.8 Å². The summed E-state index contributed by atoms with van der Waals surface area (Å²) in [6.07, 6.45) is 1.86. The normalized spacial score (nSPS) is 13.5. The van der Waals surface area contributed by atoms with Crippen LogP contribution in [0.1, 0.15) is 36.1 Å². The maximum absolute atomic E-state index is 13.5. The standard InChI is InChI=1S/C22H24ClN7O5S/c1-13-8-16(29-35-13)11-30-18(27-28-22(30)17-6-5-7-19(26-17)33-3)12-36(31,32)14(2)20(34-4)21-24-9-15(23)10-25-21/h5-10,14,20H,11-12H2,1-4H3/t14-,20-/m0/s1. The molecule has 0 amide bonds. The summed E-state index contributed by atoms with van der Waals surface area (Å²) in [6, 6.07) is 6.94. The quantitative estimate of drug-likeness (QED) is 0.296. The Bertz CT molecular complexity index is 1440. The van der Waals surface area contributed by atoms with Crippen molar-refractivity contribution >= 4 is 21.4 Å². The van der Waals surface area contributed by atoms with E-state index >= 15 is 0 Å². The zero-order valence-corrected chi connectivity index (χ0v) is 21.6. The van der Waals surface area contributed by atoms with Crippen molar-refractivity contribution in [3.05, 3.63) is 64.8 Å². The predicted molar refractivity (Wildman–Crippen MR) is 129 cm³/mol. The van der Waals surface area contributed by atoms with E-state index in [0.29, 0.717) is 33.9 Å². The van der Waals surface area contributed by atoms with Crippen LogP contribution in [0.15, 0.2) is 41.2 Å². The van der Waals surface area contributed by atoms with Gasteiger partial charge in [-0.25, -0.2) is 23.4 Å². The fourth-order valence-corrected chi connectivity index (χ4v) is 5.12. The SMILES string of the molecule is COc1cccc(-c2nnc(CS(=O)(=O)[C@@H](C)[C@H](OC)c3ncc(Cl)cn3)n2Cc2cc(C)on2)n1. The molecule has 4 heterocycles. The highest BCUT2D eigenvalue weighted by molar-refractivity contribution is 7.91. The Hall–Kier alpha value is -3.42. The van der Waals surface area contributed by atoms with Gasteiger partial charge in [0.2, 0.25) is 5.88 Å². The van der Waals surface area contributed by atoms with Gasteiger partial charge in [0.25, 0.3) is 0 Å². The molecule has 36 heavy (non-hydrogen) atoms. The highest BCUT2D eigenvalue weighted by Gasteiger charge is 2.34. The number of ether oxygens (including phenoxy) is 2. The van der Waals surface area contributed by atoms with E-state index in [-0.39, 0.29) is 18.2 Å². The molecule has 14 heteroatoms. The van der Waals surface area contributed by atoms with Gasteiger partial charge in [-0.15, -0.1) is 10.2 Å². The van der Waals surface area contributed by atoms with Gasteiger partial charge in [-0.3, -0.25) is 0 Å². The second-order valence-electron chi connectivity index (χ2n) is 7.95. The van der Waals surface area contributed by atoms with Gasteiger partial charge in [-0.2, -0.15) is 0 Å². The molecule has 4 aromatic heterocycles. The molecular weight excluding hydrogens is 510 g/mol. The number of hydrogen-bond acceptors (Lipinski definition) is 11. The minimum atomic E-state index is -3.82. The van der Waals surface area contributed by atoms with Crippen molar-refractivity contribution in [2.45, 2.75) is 37.5 Å². The van der Waals surface area contributed by atoms with Crippen molar-refractivity contribution in [3.63, 3.8) is 0 Å². The molecule has 0 saturated carbocycles. The van der Waals surface area contributed by atoms with E-state index in [1.165, 1.54) is 33.5 Å². The molecule has 190 valence electrons. The van der Waals surface area contributed by atoms with E-state index in [2.05, 4.69) is 30.3 Å². The molecule has 12 nitrogen and oxygen atoms in total. The molecule has 0 unspecified atom stereocenters. The fourth-order valence-electron chi connectivity index (χ4n) is 3.58. The number of rotatable bonds is 10. The highest BCUT2D eigenvalue weighted by Crippen LogP contribution is 2.27. The van der Waals surface area contributed by atoms with Crippen LogP contribution in [0.2, 0.25) is 5.02 Å². The summed E-state index contributed by atoms with van der Waals surface area (Å²) in [5.74, 6) is 1.35. The maximum atomic E-state index is 13.5. The summed E-state index contributed by atoms with van der Waals surface area (Å²) in [4.78, 5) is 12.7. The second kappa shape index (κ2) is 10.7. The van der Waals surface area contributed by atoms with E-state index < -0.39 is 26.9 Å². The maximum Gasteiger partial charge on any atom is 0.213 e. The molecule has 0 fully saturated rings. The number of aryl methyl sites for hydroxylation is 1. The third kappa shape index (κ3) is 5.53. The van der Waals surface area contributed by atoms with Crippen LogP contribution < -0.4 is 4.74 Å². The van der Waals surface area contributed by atoms with Gasteiger partial charge in [0.15, 0.2) is 21.5 Å². The number of methoxy groups -OCH3 is 2. The monoisotopic (exact) mass is 533 g/mol. The molecule has 2 atom stereocenters. The average Bonchev–Trinajstić information content (AvgIpc) is 3.46. The molecule has 0 aliphatic rings. The van der Waals surface area contributed by atoms with E-state index in [1.54, 1.807) is 35.8 Å². The van der Waals surface area contributed by atoms with Gasteiger partial charge < -0.3 is 18.6 Å². The van der Waals surface area contributed by atoms with Crippen LogP contribution in [-0.4, -0.2) is 62.8 Å². The van der Waals surface area contributed by atoms with E-state index in [9.17, 15) is 8.42 Å². The summed E-state index contributed by atoms with van der Waals surface area (Å²) in [5, 5.41) is 11.8. The van der Waals surface area contributed by atoms with Crippen LogP contribution >= 0.6 is 11.6 Å². The lowest BCUT2D eigenvalue weighted by molar-refractivity contribution is 0.0948. The summed E-state index contributed by atoms with van der Waals surface area (Å²) in [7, 11) is -0.920. The molecular formula is C22H24ClN7O5S. The van der Waals surface area contributed by atoms with E-state index in [0.717, 1.165) is 0 Å². The molecule has 0 spiro atoms. The predicted octanol–water partition coefficient (Wildman–Crippen LogP) is 2.83. The summed E-state index contributed by atoms with van der Waals surface area (Å²) in [6.45, 7) is 3.48. The molecule has 0 aliphatic heterocycles. The molecule has 0 bridgehead atoms. The zero-order valence-electron chi connectivity index (χ0n) is 20.0. The minimum absolute atomic E-state index is 0.172. The lowest BCUT2D eigenvalue weighted by atomic mass is 10.2. The average molecular weight is 534 g/mol. The van der Waals surface area contributed by atoms with Crippen molar-refractivity contribution in [2.24, 2.45) is 0 Å². The summed E-state index contributed by atoms with van der Waals surface area (Å²) >= 11 is 5.87. The first-order valence-electron chi connectivity index (χ1n) is 10.8. The zero-order chi connectivity index (χ0) is 25.9. The van der Waals surface area contributed by atoms with Crippen LogP contribution in [0.5, 0.6) is 5.88 Å². The largest absolute Gasteiger partial charge is 0.481 e. The fraction of sp³-hybridized carbons (Fsp3) is 0.364. The minimum Gasteiger partial charge on any atom is -0.481 e. The van der Waals surface area contributed by atoms with Crippen LogP contribution in [-0.2, 0) is 26.9 Å². The Labute approximate surface area is 212 Å². The van der Waals surface area contributed by atoms with Gasteiger partial charge in [-0.1, -0.05) is 22.8 Å². The third-order valence-corrected chi connectivity index (χ3v) is 7.69. The Kier molecular flexibility index (Phi) is 7.62. The first-order valence-corrected chi connectivity index (χ1v) is 12.9. The molecule has 4 aromatic rings. The van der Waals surface area contributed by atoms with Crippen molar-refractivity contribution in [1.82, 2.24) is 34.9 Å². The summed E-state index contributed by atoms with van der Waals surface area (Å²) < 4.78 is 44.5.